The van der Waals surface area contributed by atoms with E-state index in [9.17, 15) is 9.59 Å². The van der Waals surface area contributed by atoms with E-state index in [1.54, 1.807) is 12.1 Å². The lowest BCUT2D eigenvalue weighted by atomic mass is 9.75. The quantitative estimate of drug-likeness (QED) is 0.549. The Kier molecular flexibility index (Phi) is 8.39. The zero-order valence-corrected chi connectivity index (χ0v) is 20.8. The van der Waals surface area contributed by atoms with Crippen molar-refractivity contribution in [2.75, 3.05) is 26.9 Å². The number of carbonyl (C=O) groups is 2. The molecule has 2 heterocycles. The van der Waals surface area contributed by atoms with Crippen molar-refractivity contribution in [1.82, 2.24) is 10.3 Å². The highest BCUT2D eigenvalue weighted by Gasteiger charge is 2.43. The summed E-state index contributed by atoms with van der Waals surface area (Å²) in [5, 5.41) is 3.18. The highest BCUT2D eigenvalue weighted by atomic mass is 16.5. The topological polar surface area (TPSA) is 86.8 Å². The lowest BCUT2D eigenvalue weighted by Gasteiger charge is -2.36. The van der Waals surface area contributed by atoms with E-state index in [4.69, 9.17) is 19.2 Å². The Labute approximate surface area is 207 Å². The van der Waals surface area contributed by atoms with Gasteiger partial charge in [0.1, 0.15) is 0 Å². The molecule has 2 fully saturated rings. The van der Waals surface area contributed by atoms with Gasteiger partial charge in [-0.1, -0.05) is 37.5 Å². The van der Waals surface area contributed by atoms with Gasteiger partial charge in [-0.25, -0.2) is 9.78 Å². The third-order valence-electron chi connectivity index (χ3n) is 7.37. The Bertz CT molecular complexity index is 995. The van der Waals surface area contributed by atoms with Crippen molar-refractivity contribution in [2.24, 2.45) is 5.92 Å². The van der Waals surface area contributed by atoms with Crippen molar-refractivity contribution >= 4 is 11.9 Å². The molecule has 7 heteroatoms. The molecule has 1 atom stereocenters. The van der Waals surface area contributed by atoms with E-state index in [-0.39, 0.29) is 17.9 Å². The number of hydrogen-bond acceptors (Lipinski definition) is 6. The maximum atomic E-state index is 13.7. The Balaban J connectivity index is 1.48. The molecule has 1 aliphatic carbocycles. The minimum Gasteiger partial charge on any atom is -0.477 e. The van der Waals surface area contributed by atoms with Crippen LogP contribution >= 0.6 is 0 Å². The average Bonchev–Trinajstić information content (AvgIpc) is 2.92. The first-order valence-corrected chi connectivity index (χ1v) is 12.7. The number of esters is 1. The number of nitrogens with zero attached hydrogens (tertiary/aromatic N) is 1. The van der Waals surface area contributed by atoms with Crippen LogP contribution in [0.2, 0.25) is 0 Å². The number of amides is 1. The summed E-state index contributed by atoms with van der Waals surface area (Å²) < 4.78 is 16.5. The molecule has 2 aromatic rings. The van der Waals surface area contributed by atoms with Crippen LogP contribution < -0.4 is 10.1 Å². The molecule has 0 radical (unpaired) electrons. The Hall–Kier alpha value is -2.93. The van der Waals surface area contributed by atoms with Crippen LogP contribution in [-0.4, -0.2) is 43.8 Å². The van der Waals surface area contributed by atoms with Crippen LogP contribution in [-0.2, 0) is 19.7 Å². The summed E-state index contributed by atoms with van der Waals surface area (Å²) in [5.41, 5.74) is 1.34. The van der Waals surface area contributed by atoms with Crippen LogP contribution in [0.15, 0.2) is 42.5 Å². The van der Waals surface area contributed by atoms with E-state index in [0.717, 1.165) is 11.3 Å². The number of methoxy groups -OCH3 is 1. The number of aromatic nitrogens is 1. The molecule has 1 unspecified atom stereocenters. The van der Waals surface area contributed by atoms with Gasteiger partial charge in [0.05, 0.1) is 36.4 Å². The van der Waals surface area contributed by atoms with E-state index in [1.165, 1.54) is 39.2 Å². The number of rotatable bonds is 8. The molecule has 4 rings (SSSR count). The third-order valence-corrected chi connectivity index (χ3v) is 7.37. The fourth-order valence-electron chi connectivity index (χ4n) is 5.08. The van der Waals surface area contributed by atoms with Crippen LogP contribution in [0.5, 0.6) is 5.88 Å². The molecule has 1 aromatic heterocycles. The molecule has 1 aliphatic heterocycles. The summed E-state index contributed by atoms with van der Waals surface area (Å²) >= 11 is 0. The molecule has 188 valence electrons. The monoisotopic (exact) mass is 480 g/mol. The summed E-state index contributed by atoms with van der Waals surface area (Å²) in [4.78, 5) is 30.2. The summed E-state index contributed by atoms with van der Waals surface area (Å²) in [7, 11) is 1.36. The molecule has 2 aliphatic rings. The second-order valence-corrected chi connectivity index (χ2v) is 9.68. The number of ether oxygens (including phenoxy) is 3. The lowest BCUT2D eigenvalue weighted by Crippen LogP contribution is -2.49. The van der Waals surface area contributed by atoms with Gasteiger partial charge < -0.3 is 19.5 Å². The summed E-state index contributed by atoms with van der Waals surface area (Å²) in [5.74, 6) is 0.715. The van der Waals surface area contributed by atoms with E-state index in [2.05, 4.69) is 5.32 Å². The molecule has 0 bridgehead atoms. The van der Waals surface area contributed by atoms with Gasteiger partial charge in [-0.2, -0.15) is 0 Å². The van der Waals surface area contributed by atoms with E-state index < -0.39 is 5.41 Å². The third kappa shape index (κ3) is 6.01. The van der Waals surface area contributed by atoms with Crippen LogP contribution in [0.25, 0.3) is 0 Å². The molecular weight excluding hydrogens is 444 g/mol. The number of hydrogen-bond donors (Lipinski definition) is 1. The highest BCUT2D eigenvalue weighted by molar-refractivity contribution is 5.89. The lowest BCUT2D eigenvalue weighted by molar-refractivity contribution is -0.131. The smallest absolute Gasteiger partial charge is 0.337 e. The van der Waals surface area contributed by atoms with Gasteiger partial charge in [-0.15, -0.1) is 0 Å². The molecule has 1 N–H and O–H groups in total. The number of nitrogens with one attached hydrogen (secondary N) is 1. The van der Waals surface area contributed by atoms with Crippen LogP contribution in [0.4, 0.5) is 0 Å². The van der Waals surface area contributed by atoms with Crippen LogP contribution in [0, 0.1) is 5.92 Å². The largest absolute Gasteiger partial charge is 0.477 e. The minimum atomic E-state index is -0.775. The van der Waals surface area contributed by atoms with Crippen molar-refractivity contribution in [2.45, 2.75) is 63.3 Å². The van der Waals surface area contributed by atoms with Crippen molar-refractivity contribution in [1.29, 1.82) is 0 Å². The fourth-order valence-corrected chi connectivity index (χ4v) is 5.08. The van der Waals surface area contributed by atoms with Crippen LogP contribution in [0.1, 0.15) is 79.5 Å². The molecule has 35 heavy (non-hydrogen) atoms. The Morgan fingerprint density at radius 2 is 1.80 bits per heavy atom. The van der Waals surface area contributed by atoms with Crippen molar-refractivity contribution in [3.8, 4) is 5.88 Å². The second-order valence-electron chi connectivity index (χ2n) is 9.68. The van der Waals surface area contributed by atoms with Gasteiger partial charge in [-0.05, 0) is 62.3 Å². The van der Waals surface area contributed by atoms with Gasteiger partial charge in [0.25, 0.3) is 0 Å². The second kappa shape index (κ2) is 11.7. The summed E-state index contributed by atoms with van der Waals surface area (Å²) in [6, 6.07) is 12.6. The normalized spacial score (nSPS) is 18.9. The van der Waals surface area contributed by atoms with Gasteiger partial charge in [0.15, 0.2) is 0 Å². The van der Waals surface area contributed by atoms with Crippen molar-refractivity contribution in [3.63, 3.8) is 0 Å². The number of carbonyl (C=O) groups excluding carboxylic acids is 2. The first kappa shape index (κ1) is 25.2. The highest BCUT2D eigenvalue weighted by Crippen LogP contribution is 2.36. The van der Waals surface area contributed by atoms with Crippen molar-refractivity contribution < 1.29 is 23.8 Å². The molecule has 0 spiro atoms. The Morgan fingerprint density at radius 1 is 1.09 bits per heavy atom. The summed E-state index contributed by atoms with van der Waals surface area (Å²) in [6.45, 7) is 3.63. The molecule has 1 saturated carbocycles. The predicted molar refractivity (Wildman–Crippen MR) is 132 cm³/mol. The molecule has 7 nitrogen and oxygen atoms in total. The minimum absolute atomic E-state index is 0.0673. The molecular formula is C28H36N2O5. The standard InChI is InChI=1S/C28H36N2O5/c1-20(22-11-13-23(14-12-22)26(31)33-2)29-27(32)28(15-17-34-18-16-28)24-9-6-10-25(30-24)35-19-21-7-4-3-5-8-21/h6,9-14,20-21H,3-5,7-8,15-19H2,1-2H3,(H,29,32). The average molecular weight is 481 g/mol. The van der Waals surface area contributed by atoms with E-state index >= 15 is 0 Å². The maximum Gasteiger partial charge on any atom is 0.337 e. The van der Waals surface area contributed by atoms with E-state index in [1.807, 2.05) is 37.3 Å². The first-order valence-electron chi connectivity index (χ1n) is 12.7. The van der Waals surface area contributed by atoms with E-state index in [0.29, 0.717) is 50.0 Å². The zero-order chi connectivity index (χ0) is 24.7. The predicted octanol–water partition coefficient (Wildman–Crippen LogP) is 4.75. The van der Waals surface area contributed by atoms with Crippen molar-refractivity contribution in [3.05, 3.63) is 59.3 Å². The van der Waals surface area contributed by atoms with Gasteiger partial charge in [0.2, 0.25) is 11.8 Å². The SMILES string of the molecule is COC(=O)c1ccc(C(C)NC(=O)C2(c3cccc(OCC4CCCCC4)n3)CCOCC2)cc1. The number of pyridine rings is 1. The zero-order valence-electron chi connectivity index (χ0n) is 20.8. The van der Waals surface area contributed by atoms with Gasteiger partial charge in [0, 0.05) is 19.3 Å². The summed E-state index contributed by atoms with van der Waals surface area (Å²) in [6.07, 6.45) is 7.40. The Morgan fingerprint density at radius 3 is 2.49 bits per heavy atom. The molecule has 1 saturated heterocycles. The van der Waals surface area contributed by atoms with Gasteiger partial charge >= 0.3 is 5.97 Å². The number of benzene rings is 1. The molecule has 1 aromatic carbocycles. The fraction of sp³-hybridized carbons (Fsp3) is 0.536. The van der Waals surface area contributed by atoms with Gasteiger partial charge in [-0.3, -0.25) is 4.79 Å². The maximum absolute atomic E-state index is 13.7. The first-order chi connectivity index (χ1) is 17.0. The van der Waals surface area contributed by atoms with Crippen LogP contribution in [0.3, 0.4) is 0 Å². The molecule has 1 amide bonds.